The second kappa shape index (κ2) is 6.81. The molecule has 1 rings (SSSR count). The highest BCUT2D eigenvalue weighted by atomic mass is 35.5. The molecule has 0 aromatic heterocycles. The number of ether oxygens (including phenoxy) is 1. The van der Waals surface area contributed by atoms with Crippen molar-refractivity contribution in [1.82, 2.24) is 5.32 Å². The molecule has 6 heteroatoms. The molecular weight excluding hydrogens is 280 g/mol. The molecular formula is C14H21ClN2O3. The van der Waals surface area contributed by atoms with Crippen LogP contribution in [0.15, 0.2) is 18.2 Å². The van der Waals surface area contributed by atoms with Crippen molar-refractivity contribution >= 4 is 17.7 Å². The van der Waals surface area contributed by atoms with Gasteiger partial charge in [-0.2, -0.15) is 0 Å². The molecule has 0 aliphatic carbocycles. The number of benzene rings is 1. The molecule has 5 nitrogen and oxygen atoms in total. The van der Waals surface area contributed by atoms with E-state index in [1.165, 1.54) is 6.07 Å². The molecule has 1 atom stereocenters. The number of hydrogen-bond donors (Lipinski definition) is 3. The van der Waals surface area contributed by atoms with Gasteiger partial charge in [-0.05, 0) is 44.9 Å². The third kappa shape index (κ3) is 6.12. The van der Waals surface area contributed by atoms with Crippen molar-refractivity contribution in [2.24, 2.45) is 5.73 Å². The predicted octanol–water partition coefficient (Wildman–Crippen LogP) is 2.44. The van der Waals surface area contributed by atoms with Crippen LogP contribution in [0.5, 0.6) is 5.75 Å². The van der Waals surface area contributed by atoms with Gasteiger partial charge in [-0.1, -0.05) is 17.7 Å². The first-order valence-electron chi connectivity index (χ1n) is 6.37. The lowest BCUT2D eigenvalue weighted by atomic mass is 10.1. The Kier molecular flexibility index (Phi) is 5.65. The Morgan fingerprint density at radius 2 is 2.15 bits per heavy atom. The van der Waals surface area contributed by atoms with Crippen LogP contribution in [0.4, 0.5) is 4.79 Å². The summed E-state index contributed by atoms with van der Waals surface area (Å²) in [4.78, 5) is 11.5. The molecule has 1 aromatic carbocycles. The molecule has 0 bridgehead atoms. The Hall–Kier alpha value is -1.46. The minimum Gasteiger partial charge on any atom is -0.508 e. The van der Waals surface area contributed by atoms with Gasteiger partial charge < -0.3 is 20.9 Å². The van der Waals surface area contributed by atoms with E-state index in [-0.39, 0.29) is 18.3 Å². The molecule has 1 aromatic rings. The molecule has 0 radical (unpaired) electrons. The molecule has 0 heterocycles. The fourth-order valence-electron chi connectivity index (χ4n) is 1.59. The second-order valence-electron chi connectivity index (χ2n) is 5.62. The average molecular weight is 301 g/mol. The van der Waals surface area contributed by atoms with E-state index in [2.05, 4.69) is 5.32 Å². The molecule has 0 fully saturated rings. The largest absolute Gasteiger partial charge is 0.508 e. The summed E-state index contributed by atoms with van der Waals surface area (Å²) in [7, 11) is 0. The van der Waals surface area contributed by atoms with Gasteiger partial charge in [-0.25, -0.2) is 4.79 Å². The number of halogens is 1. The number of aromatic hydroxyl groups is 1. The molecule has 0 spiro atoms. The Bertz CT molecular complexity index is 472. The normalized spacial score (nSPS) is 12.8. The Morgan fingerprint density at radius 1 is 1.50 bits per heavy atom. The summed E-state index contributed by atoms with van der Waals surface area (Å²) in [5.41, 5.74) is 6.06. The number of carbonyl (C=O) groups excluding carboxylic acids is 1. The van der Waals surface area contributed by atoms with Crippen molar-refractivity contribution in [1.29, 1.82) is 0 Å². The summed E-state index contributed by atoms with van der Waals surface area (Å²) in [5, 5.41) is 12.8. The predicted molar refractivity (Wildman–Crippen MR) is 79.0 cm³/mol. The van der Waals surface area contributed by atoms with Gasteiger partial charge in [0, 0.05) is 17.6 Å². The van der Waals surface area contributed by atoms with Gasteiger partial charge >= 0.3 is 6.09 Å². The van der Waals surface area contributed by atoms with Crippen LogP contribution in [0.25, 0.3) is 0 Å². The van der Waals surface area contributed by atoms with Gasteiger partial charge in [0.15, 0.2) is 0 Å². The molecule has 0 aliphatic heterocycles. The summed E-state index contributed by atoms with van der Waals surface area (Å²) in [5.74, 6) is 0.102. The molecule has 112 valence electrons. The smallest absolute Gasteiger partial charge is 0.407 e. The van der Waals surface area contributed by atoms with Gasteiger partial charge in [0.25, 0.3) is 0 Å². The third-order valence-corrected chi connectivity index (χ3v) is 2.67. The first kappa shape index (κ1) is 16.6. The number of phenols is 1. The lowest BCUT2D eigenvalue weighted by Crippen LogP contribution is -2.41. The molecule has 4 N–H and O–H groups in total. The number of hydrogen-bond acceptors (Lipinski definition) is 4. The maximum absolute atomic E-state index is 11.5. The van der Waals surface area contributed by atoms with Crippen LogP contribution >= 0.6 is 11.6 Å². The standard InChI is InChI=1S/C14H21ClN2O3/c1-14(2,3)20-13(19)17-8-11(16)6-9-4-5-10(15)7-12(9)18/h4-5,7,11,18H,6,8,16H2,1-3H3,(H,17,19). The monoisotopic (exact) mass is 300 g/mol. The van der Waals surface area contributed by atoms with Crippen LogP contribution in [-0.2, 0) is 11.2 Å². The molecule has 1 amide bonds. The third-order valence-electron chi connectivity index (χ3n) is 2.44. The molecule has 20 heavy (non-hydrogen) atoms. The molecule has 1 unspecified atom stereocenters. The lowest BCUT2D eigenvalue weighted by Gasteiger charge is -2.21. The minimum absolute atomic E-state index is 0.102. The summed E-state index contributed by atoms with van der Waals surface area (Å²) in [6.07, 6.45) is -0.0769. The van der Waals surface area contributed by atoms with Crippen LogP contribution < -0.4 is 11.1 Å². The van der Waals surface area contributed by atoms with E-state index in [1.54, 1.807) is 32.9 Å². The van der Waals surface area contributed by atoms with Crippen molar-refractivity contribution in [3.63, 3.8) is 0 Å². The van der Waals surface area contributed by atoms with E-state index < -0.39 is 11.7 Å². The highest BCUT2D eigenvalue weighted by molar-refractivity contribution is 6.30. The summed E-state index contributed by atoms with van der Waals surface area (Å²) >= 11 is 5.75. The summed E-state index contributed by atoms with van der Waals surface area (Å²) in [6.45, 7) is 5.63. The van der Waals surface area contributed by atoms with E-state index in [0.29, 0.717) is 17.0 Å². The fourth-order valence-corrected chi connectivity index (χ4v) is 1.76. The van der Waals surface area contributed by atoms with Crippen LogP contribution in [0.1, 0.15) is 26.3 Å². The van der Waals surface area contributed by atoms with Gasteiger partial charge in [-0.3, -0.25) is 0 Å². The number of phenolic OH excluding ortho intramolecular Hbond substituents is 1. The lowest BCUT2D eigenvalue weighted by molar-refractivity contribution is 0.0524. The number of carbonyl (C=O) groups is 1. The van der Waals surface area contributed by atoms with E-state index in [1.807, 2.05) is 0 Å². The van der Waals surface area contributed by atoms with Crippen molar-refractivity contribution in [3.05, 3.63) is 28.8 Å². The highest BCUT2D eigenvalue weighted by Gasteiger charge is 2.17. The van der Waals surface area contributed by atoms with Crippen LogP contribution in [0.2, 0.25) is 5.02 Å². The SMILES string of the molecule is CC(C)(C)OC(=O)NCC(N)Cc1ccc(Cl)cc1O. The minimum atomic E-state index is -0.539. The van der Waals surface area contributed by atoms with Crippen LogP contribution in [0.3, 0.4) is 0 Å². The number of amides is 1. The average Bonchev–Trinajstić information content (AvgIpc) is 2.28. The first-order chi connectivity index (χ1) is 9.17. The molecule has 0 saturated carbocycles. The van der Waals surface area contributed by atoms with Crippen molar-refractivity contribution in [2.75, 3.05) is 6.54 Å². The van der Waals surface area contributed by atoms with Gasteiger partial charge in [0.1, 0.15) is 11.4 Å². The molecule has 0 saturated heterocycles. The Labute approximate surface area is 124 Å². The van der Waals surface area contributed by atoms with Crippen LogP contribution in [0, 0.1) is 0 Å². The fraction of sp³-hybridized carbons (Fsp3) is 0.500. The first-order valence-corrected chi connectivity index (χ1v) is 6.75. The van der Waals surface area contributed by atoms with E-state index in [4.69, 9.17) is 22.1 Å². The molecule has 0 aliphatic rings. The van der Waals surface area contributed by atoms with E-state index in [0.717, 1.165) is 0 Å². The zero-order chi connectivity index (χ0) is 15.3. The number of alkyl carbamates (subject to hydrolysis) is 1. The van der Waals surface area contributed by atoms with E-state index in [9.17, 15) is 9.90 Å². The quantitative estimate of drug-likeness (QED) is 0.797. The zero-order valence-corrected chi connectivity index (χ0v) is 12.7. The topological polar surface area (TPSA) is 84.6 Å². The second-order valence-corrected chi connectivity index (χ2v) is 6.06. The Morgan fingerprint density at radius 3 is 2.70 bits per heavy atom. The van der Waals surface area contributed by atoms with Gasteiger partial charge in [0.05, 0.1) is 0 Å². The van der Waals surface area contributed by atoms with Crippen molar-refractivity contribution < 1.29 is 14.6 Å². The number of rotatable bonds is 4. The zero-order valence-electron chi connectivity index (χ0n) is 11.9. The van der Waals surface area contributed by atoms with Crippen LogP contribution in [-0.4, -0.2) is 29.4 Å². The van der Waals surface area contributed by atoms with Crippen molar-refractivity contribution in [2.45, 2.75) is 38.8 Å². The Balaban J connectivity index is 2.44. The maximum Gasteiger partial charge on any atom is 0.407 e. The van der Waals surface area contributed by atoms with Crippen molar-refractivity contribution in [3.8, 4) is 5.75 Å². The van der Waals surface area contributed by atoms with Gasteiger partial charge in [0.2, 0.25) is 0 Å². The summed E-state index contributed by atoms with van der Waals surface area (Å²) < 4.78 is 5.11. The number of nitrogens with one attached hydrogen (secondary N) is 1. The van der Waals surface area contributed by atoms with Gasteiger partial charge in [-0.15, -0.1) is 0 Å². The van der Waals surface area contributed by atoms with E-state index >= 15 is 0 Å². The summed E-state index contributed by atoms with van der Waals surface area (Å²) in [6, 6.07) is 4.54. The maximum atomic E-state index is 11.5. The highest BCUT2D eigenvalue weighted by Crippen LogP contribution is 2.22. The number of nitrogens with two attached hydrogens (primary N) is 1.